The lowest BCUT2D eigenvalue weighted by Gasteiger charge is -2.01. The Balaban J connectivity index is 2.41. The van der Waals surface area contributed by atoms with Crippen LogP contribution < -0.4 is 5.32 Å². The molecule has 0 atom stereocenters. The second-order valence-corrected chi connectivity index (χ2v) is 4.96. The second-order valence-electron chi connectivity index (χ2n) is 4.21. The molecule has 3 nitrogen and oxygen atoms in total. The molecule has 1 aromatic carbocycles. The van der Waals surface area contributed by atoms with Crippen LogP contribution in [0.3, 0.4) is 0 Å². The van der Waals surface area contributed by atoms with Crippen molar-refractivity contribution in [2.45, 2.75) is 6.42 Å². The first kappa shape index (κ1) is 14.1. The van der Waals surface area contributed by atoms with E-state index < -0.39 is 11.6 Å². The van der Waals surface area contributed by atoms with Gasteiger partial charge in [0.2, 0.25) is 0 Å². The standard InChI is InChI=1S/C13H14BrF2N3/c1-17-6-5-11-18-12(13(14)19(11)2)8-3-4-9(15)10(16)7-8/h3-4,7,17H,5-6H2,1-2H3. The fourth-order valence-electron chi connectivity index (χ4n) is 1.81. The Morgan fingerprint density at radius 1 is 1.32 bits per heavy atom. The van der Waals surface area contributed by atoms with Crippen molar-refractivity contribution in [3.63, 3.8) is 0 Å². The van der Waals surface area contributed by atoms with E-state index in [4.69, 9.17) is 0 Å². The van der Waals surface area contributed by atoms with Crippen molar-refractivity contribution in [1.29, 1.82) is 0 Å². The number of rotatable bonds is 4. The van der Waals surface area contributed by atoms with Crippen LogP contribution in [0, 0.1) is 11.6 Å². The monoisotopic (exact) mass is 329 g/mol. The van der Waals surface area contributed by atoms with Crippen molar-refractivity contribution in [1.82, 2.24) is 14.9 Å². The van der Waals surface area contributed by atoms with Gasteiger partial charge in [0.25, 0.3) is 0 Å². The van der Waals surface area contributed by atoms with Crippen LogP contribution in [-0.4, -0.2) is 23.1 Å². The van der Waals surface area contributed by atoms with Gasteiger partial charge in [0.15, 0.2) is 11.6 Å². The molecule has 0 unspecified atom stereocenters. The Labute approximate surface area is 118 Å². The van der Waals surface area contributed by atoms with Gasteiger partial charge in [-0.3, -0.25) is 0 Å². The summed E-state index contributed by atoms with van der Waals surface area (Å²) in [4.78, 5) is 4.47. The summed E-state index contributed by atoms with van der Waals surface area (Å²) < 4.78 is 28.9. The van der Waals surface area contributed by atoms with E-state index in [9.17, 15) is 8.78 Å². The van der Waals surface area contributed by atoms with Gasteiger partial charge >= 0.3 is 0 Å². The molecule has 0 aliphatic rings. The van der Waals surface area contributed by atoms with Gasteiger partial charge in [0.1, 0.15) is 16.1 Å². The lowest BCUT2D eigenvalue weighted by molar-refractivity contribution is 0.509. The first-order valence-electron chi connectivity index (χ1n) is 5.85. The Morgan fingerprint density at radius 2 is 2.05 bits per heavy atom. The highest BCUT2D eigenvalue weighted by Gasteiger charge is 2.15. The highest BCUT2D eigenvalue weighted by molar-refractivity contribution is 9.10. The van der Waals surface area contributed by atoms with Crippen LogP contribution in [0.2, 0.25) is 0 Å². The normalized spacial score (nSPS) is 11.0. The van der Waals surface area contributed by atoms with Crippen LogP contribution in [0.1, 0.15) is 5.82 Å². The van der Waals surface area contributed by atoms with Crippen LogP contribution >= 0.6 is 15.9 Å². The number of imidazole rings is 1. The summed E-state index contributed by atoms with van der Waals surface area (Å²) in [6.07, 6.45) is 0.759. The van der Waals surface area contributed by atoms with Crippen LogP contribution in [0.4, 0.5) is 8.78 Å². The number of halogens is 3. The molecule has 0 aliphatic carbocycles. The summed E-state index contributed by atoms with van der Waals surface area (Å²) in [6, 6.07) is 3.79. The average molecular weight is 330 g/mol. The van der Waals surface area contributed by atoms with E-state index in [1.165, 1.54) is 6.07 Å². The summed E-state index contributed by atoms with van der Waals surface area (Å²) in [6.45, 7) is 0.800. The maximum absolute atomic E-state index is 13.3. The third-order valence-corrected chi connectivity index (χ3v) is 3.82. The molecule has 2 rings (SSSR count). The van der Waals surface area contributed by atoms with Crippen LogP contribution in [0.5, 0.6) is 0 Å². The molecule has 1 N–H and O–H groups in total. The van der Waals surface area contributed by atoms with Gasteiger partial charge < -0.3 is 9.88 Å². The number of aromatic nitrogens is 2. The first-order chi connectivity index (χ1) is 9.04. The van der Waals surface area contributed by atoms with Crippen molar-refractivity contribution in [3.05, 3.63) is 40.3 Å². The predicted octanol–water partition coefficient (Wildman–Crippen LogP) is 2.89. The average Bonchev–Trinajstić information content (AvgIpc) is 2.67. The van der Waals surface area contributed by atoms with Crippen molar-refractivity contribution < 1.29 is 8.78 Å². The Bertz CT molecular complexity index is 596. The molecule has 0 bridgehead atoms. The van der Waals surface area contributed by atoms with Gasteiger partial charge in [-0.25, -0.2) is 13.8 Å². The Morgan fingerprint density at radius 3 is 2.68 bits per heavy atom. The molecular formula is C13H14BrF2N3. The van der Waals surface area contributed by atoms with Crippen molar-refractivity contribution in [2.75, 3.05) is 13.6 Å². The first-order valence-corrected chi connectivity index (χ1v) is 6.65. The molecule has 19 heavy (non-hydrogen) atoms. The van der Waals surface area contributed by atoms with Crippen molar-refractivity contribution in [2.24, 2.45) is 7.05 Å². The highest BCUT2D eigenvalue weighted by atomic mass is 79.9. The molecule has 0 radical (unpaired) electrons. The van der Waals surface area contributed by atoms with Crippen molar-refractivity contribution >= 4 is 15.9 Å². The van der Waals surface area contributed by atoms with Crippen LogP contribution in [-0.2, 0) is 13.5 Å². The minimum Gasteiger partial charge on any atom is -0.325 e. The molecule has 0 saturated carbocycles. The molecule has 6 heteroatoms. The minimum absolute atomic E-state index is 0.553. The van der Waals surface area contributed by atoms with Gasteiger partial charge in [-0.15, -0.1) is 0 Å². The zero-order valence-electron chi connectivity index (χ0n) is 10.7. The number of nitrogens with one attached hydrogen (secondary N) is 1. The summed E-state index contributed by atoms with van der Waals surface area (Å²) in [7, 11) is 3.75. The van der Waals surface area contributed by atoms with E-state index in [0.29, 0.717) is 11.3 Å². The molecule has 0 spiro atoms. The Hall–Kier alpha value is -1.27. The zero-order valence-corrected chi connectivity index (χ0v) is 12.3. The Kier molecular flexibility index (Phi) is 4.31. The smallest absolute Gasteiger partial charge is 0.159 e. The number of benzene rings is 1. The minimum atomic E-state index is -0.869. The molecule has 1 aromatic heterocycles. The summed E-state index contributed by atoms with van der Waals surface area (Å²) in [5, 5.41) is 3.05. The van der Waals surface area contributed by atoms with E-state index in [1.807, 2.05) is 18.7 Å². The van der Waals surface area contributed by atoms with Gasteiger partial charge in [0.05, 0.1) is 0 Å². The number of likely N-dealkylation sites (N-methyl/N-ethyl adjacent to an activating group) is 1. The van der Waals surface area contributed by atoms with Crippen molar-refractivity contribution in [3.8, 4) is 11.3 Å². The quantitative estimate of drug-likeness (QED) is 0.934. The molecule has 0 amide bonds. The molecule has 102 valence electrons. The van der Waals surface area contributed by atoms with Gasteiger partial charge in [-0.2, -0.15) is 0 Å². The van der Waals surface area contributed by atoms with E-state index in [1.54, 1.807) is 0 Å². The third-order valence-electron chi connectivity index (χ3n) is 2.91. The summed E-state index contributed by atoms with van der Waals surface area (Å²) >= 11 is 3.44. The topological polar surface area (TPSA) is 29.9 Å². The van der Waals surface area contributed by atoms with Gasteiger partial charge in [-0.1, -0.05) is 0 Å². The highest BCUT2D eigenvalue weighted by Crippen LogP contribution is 2.29. The number of nitrogens with zero attached hydrogens (tertiary/aromatic N) is 2. The lowest BCUT2D eigenvalue weighted by Crippen LogP contribution is -2.13. The van der Waals surface area contributed by atoms with E-state index in [2.05, 4.69) is 26.2 Å². The fraction of sp³-hybridized carbons (Fsp3) is 0.308. The fourth-order valence-corrected chi connectivity index (χ4v) is 2.33. The molecular weight excluding hydrogens is 316 g/mol. The summed E-state index contributed by atoms with van der Waals surface area (Å²) in [5.41, 5.74) is 1.17. The third kappa shape index (κ3) is 2.84. The molecule has 0 fully saturated rings. The maximum Gasteiger partial charge on any atom is 0.159 e. The molecule has 2 aromatic rings. The largest absolute Gasteiger partial charge is 0.325 e. The van der Waals surface area contributed by atoms with Crippen LogP contribution in [0.25, 0.3) is 11.3 Å². The zero-order chi connectivity index (χ0) is 14.0. The second kappa shape index (κ2) is 5.79. The predicted molar refractivity (Wildman–Crippen MR) is 73.9 cm³/mol. The molecule has 1 heterocycles. The lowest BCUT2D eigenvalue weighted by atomic mass is 10.1. The van der Waals surface area contributed by atoms with Gasteiger partial charge in [-0.05, 0) is 41.2 Å². The van der Waals surface area contributed by atoms with E-state index in [-0.39, 0.29) is 0 Å². The van der Waals surface area contributed by atoms with Gasteiger partial charge in [0, 0.05) is 25.6 Å². The van der Waals surface area contributed by atoms with E-state index >= 15 is 0 Å². The SMILES string of the molecule is CNCCc1nc(-c2ccc(F)c(F)c2)c(Br)n1C. The van der Waals surface area contributed by atoms with E-state index in [0.717, 1.165) is 35.5 Å². The number of hydrogen-bond acceptors (Lipinski definition) is 2. The summed E-state index contributed by atoms with van der Waals surface area (Å²) in [5.74, 6) is -0.848. The molecule has 0 aliphatic heterocycles. The maximum atomic E-state index is 13.3. The van der Waals surface area contributed by atoms with Crippen LogP contribution in [0.15, 0.2) is 22.8 Å². The number of hydrogen-bond donors (Lipinski definition) is 1. The molecule has 0 saturated heterocycles.